The predicted molar refractivity (Wildman–Crippen MR) is 41.2 cm³/mol. The minimum absolute atomic E-state index is 2.07. The number of carboxylic acid groups (broad SMARTS) is 2. The molecule has 0 bridgehead atoms. The lowest BCUT2D eigenvalue weighted by atomic mass is 10.7. The molecule has 0 rings (SSSR count). The molecule has 0 aromatic heterocycles. The Morgan fingerprint density at radius 1 is 0.556 bits per heavy atom. The highest BCUT2D eigenvalue weighted by molar-refractivity contribution is 6.32. The first-order valence-corrected chi connectivity index (χ1v) is 3.55. The van der Waals surface area contributed by atoms with Gasteiger partial charge >= 0.3 is 36.6 Å². The van der Waals surface area contributed by atoms with Crippen LogP contribution in [0.5, 0.6) is 0 Å². The summed E-state index contributed by atoms with van der Waals surface area (Å²) in [6.07, 6.45) is -8.38. The van der Waals surface area contributed by atoms with Crippen LogP contribution in [0, 0.1) is 0 Å². The van der Waals surface area contributed by atoms with Crippen molar-refractivity contribution in [1.29, 1.82) is 0 Å². The van der Waals surface area contributed by atoms with Crippen LogP contribution in [0.4, 0.5) is 19.2 Å². The lowest BCUT2D eigenvalue weighted by molar-refractivity contribution is -0.162. The van der Waals surface area contributed by atoms with E-state index >= 15 is 0 Å². The SMILES string of the molecule is O=C(O)OC(=O)OC(=O)C(=O)OC(=O)OC(=O)O. The highest BCUT2D eigenvalue weighted by atomic mass is 16.8. The van der Waals surface area contributed by atoms with Crippen molar-refractivity contribution in [3.63, 3.8) is 0 Å². The molecular weight excluding hydrogens is 264 g/mol. The molecule has 12 nitrogen and oxygen atoms in total. The van der Waals surface area contributed by atoms with E-state index < -0.39 is 36.6 Å². The molecule has 0 saturated heterocycles. The number of hydrogen-bond acceptors (Lipinski definition) is 10. The number of hydrogen-bond donors (Lipinski definition) is 2. The van der Waals surface area contributed by atoms with Gasteiger partial charge in [0.2, 0.25) is 0 Å². The van der Waals surface area contributed by atoms with Crippen LogP contribution in [0.2, 0.25) is 0 Å². The van der Waals surface area contributed by atoms with Crippen molar-refractivity contribution < 1.29 is 57.9 Å². The van der Waals surface area contributed by atoms with Gasteiger partial charge in [-0.1, -0.05) is 0 Å². The zero-order valence-corrected chi connectivity index (χ0v) is 7.98. The van der Waals surface area contributed by atoms with E-state index in [0.29, 0.717) is 0 Å². The zero-order chi connectivity index (χ0) is 14.3. The molecule has 0 heterocycles. The van der Waals surface area contributed by atoms with E-state index in [1.807, 2.05) is 0 Å². The van der Waals surface area contributed by atoms with Crippen molar-refractivity contribution in [2.75, 3.05) is 0 Å². The van der Waals surface area contributed by atoms with Gasteiger partial charge in [0.15, 0.2) is 0 Å². The summed E-state index contributed by atoms with van der Waals surface area (Å²) in [6, 6.07) is 0. The molecule has 0 aliphatic rings. The predicted octanol–water partition coefficient (Wildman–Crippen LogP) is -0.298. The van der Waals surface area contributed by atoms with Crippen LogP contribution >= 0.6 is 0 Å². The fraction of sp³-hybridized carbons (Fsp3) is 0. The van der Waals surface area contributed by atoms with E-state index in [-0.39, 0.29) is 0 Å². The van der Waals surface area contributed by atoms with E-state index in [1.54, 1.807) is 0 Å². The van der Waals surface area contributed by atoms with Gasteiger partial charge in [-0.15, -0.1) is 0 Å². The maximum Gasteiger partial charge on any atom is 0.526 e. The maximum absolute atomic E-state index is 10.6. The second-order valence-electron chi connectivity index (χ2n) is 2.01. The molecule has 0 aromatic rings. The fourth-order valence-corrected chi connectivity index (χ4v) is 0.419. The highest BCUT2D eigenvalue weighted by Gasteiger charge is 2.27. The Labute approximate surface area is 95.6 Å². The summed E-state index contributed by atoms with van der Waals surface area (Å²) >= 11 is 0. The Balaban J connectivity index is 4.23. The molecule has 0 aliphatic heterocycles. The lowest BCUT2D eigenvalue weighted by Gasteiger charge is -2.00. The summed E-state index contributed by atoms with van der Waals surface area (Å²) in [7, 11) is 0. The van der Waals surface area contributed by atoms with Gasteiger partial charge in [-0.25, -0.2) is 28.8 Å². The van der Waals surface area contributed by atoms with Crippen molar-refractivity contribution in [1.82, 2.24) is 0 Å². The molecule has 0 radical (unpaired) electrons. The van der Waals surface area contributed by atoms with Crippen LogP contribution in [0.1, 0.15) is 0 Å². The minimum Gasteiger partial charge on any atom is -0.449 e. The van der Waals surface area contributed by atoms with Gasteiger partial charge in [0, 0.05) is 0 Å². The standard InChI is InChI=1S/C6H2O12/c7-1(15-5(13)17-3(9)10)2(8)16-6(14)18-4(11)12/h(H,9,10)(H,11,12). The van der Waals surface area contributed by atoms with Gasteiger partial charge in [-0.05, 0) is 0 Å². The van der Waals surface area contributed by atoms with Gasteiger partial charge in [-0.3, -0.25) is 0 Å². The topological polar surface area (TPSA) is 180 Å². The van der Waals surface area contributed by atoms with E-state index in [9.17, 15) is 28.8 Å². The first-order valence-electron chi connectivity index (χ1n) is 3.55. The molecule has 0 atom stereocenters. The van der Waals surface area contributed by atoms with Crippen molar-refractivity contribution in [3.8, 4) is 0 Å². The molecule has 98 valence electrons. The summed E-state index contributed by atoms with van der Waals surface area (Å²) in [4.78, 5) is 61.5. The second-order valence-corrected chi connectivity index (χ2v) is 2.01. The molecule has 0 saturated carbocycles. The van der Waals surface area contributed by atoms with Gasteiger partial charge in [-0.2, -0.15) is 0 Å². The number of carbonyl (C=O) groups excluding carboxylic acids is 4. The average Bonchev–Trinajstić information content (AvgIpc) is 2.13. The van der Waals surface area contributed by atoms with Gasteiger partial charge in [0.05, 0.1) is 0 Å². The zero-order valence-electron chi connectivity index (χ0n) is 7.98. The Morgan fingerprint density at radius 2 is 0.833 bits per heavy atom. The summed E-state index contributed by atoms with van der Waals surface area (Å²) < 4.78 is 13.4. The van der Waals surface area contributed by atoms with Crippen LogP contribution < -0.4 is 0 Å². The van der Waals surface area contributed by atoms with Gasteiger partial charge < -0.3 is 29.2 Å². The third-order valence-electron chi connectivity index (χ3n) is 0.860. The number of rotatable bonds is 0. The quantitative estimate of drug-likeness (QED) is 0.332. The average molecular weight is 266 g/mol. The molecule has 2 N–H and O–H groups in total. The lowest BCUT2D eigenvalue weighted by Crippen LogP contribution is -2.27. The van der Waals surface area contributed by atoms with Crippen molar-refractivity contribution in [2.45, 2.75) is 0 Å². The monoisotopic (exact) mass is 266 g/mol. The molecule has 12 heteroatoms. The van der Waals surface area contributed by atoms with Crippen molar-refractivity contribution in [2.24, 2.45) is 0 Å². The molecule has 0 fully saturated rings. The summed E-state index contributed by atoms with van der Waals surface area (Å²) in [5.74, 6) is -4.24. The molecule has 0 aliphatic carbocycles. The normalized spacial score (nSPS) is 8.67. The van der Waals surface area contributed by atoms with Crippen LogP contribution in [0.25, 0.3) is 0 Å². The van der Waals surface area contributed by atoms with E-state index in [4.69, 9.17) is 10.2 Å². The first kappa shape index (κ1) is 14.8. The molecular formula is C6H2O12. The van der Waals surface area contributed by atoms with E-state index in [1.165, 1.54) is 0 Å². The van der Waals surface area contributed by atoms with Crippen LogP contribution in [0.15, 0.2) is 0 Å². The van der Waals surface area contributed by atoms with Crippen LogP contribution in [0.3, 0.4) is 0 Å². The van der Waals surface area contributed by atoms with Crippen molar-refractivity contribution in [3.05, 3.63) is 0 Å². The van der Waals surface area contributed by atoms with Gasteiger partial charge in [0.25, 0.3) is 0 Å². The molecule has 0 amide bonds. The summed E-state index contributed by atoms with van der Waals surface area (Å²) in [6.45, 7) is 0. The molecule has 0 unspecified atom stereocenters. The minimum atomic E-state index is -2.12. The highest BCUT2D eigenvalue weighted by Crippen LogP contribution is 1.93. The van der Waals surface area contributed by atoms with E-state index in [0.717, 1.165) is 0 Å². The number of carbonyl (C=O) groups is 6. The van der Waals surface area contributed by atoms with Crippen LogP contribution in [-0.2, 0) is 28.5 Å². The molecule has 0 aromatic carbocycles. The Bertz CT molecular complexity index is 378. The number of esters is 2. The Hall–Kier alpha value is -3.18. The smallest absolute Gasteiger partial charge is 0.449 e. The van der Waals surface area contributed by atoms with E-state index in [2.05, 4.69) is 18.9 Å². The second kappa shape index (κ2) is 6.41. The first-order chi connectivity index (χ1) is 8.22. The summed E-state index contributed by atoms with van der Waals surface area (Å²) in [5.41, 5.74) is 0. The molecule has 0 spiro atoms. The maximum atomic E-state index is 10.6. The third kappa shape index (κ3) is 6.33. The Morgan fingerprint density at radius 3 is 1.06 bits per heavy atom. The molecule has 18 heavy (non-hydrogen) atoms. The summed E-state index contributed by atoms with van der Waals surface area (Å²) in [5, 5.41) is 15.8. The van der Waals surface area contributed by atoms with Crippen molar-refractivity contribution >= 4 is 36.6 Å². The van der Waals surface area contributed by atoms with Crippen LogP contribution in [-0.4, -0.2) is 46.8 Å². The fourth-order valence-electron chi connectivity index (χ4n) is 0.419. The number of ether oxygens (including phenoxy) is 4. The Kier molecular flexibility index (Phi) is 5.28. The van der Waals surface area contributed by atoms with Gasteiger partial charge in [0.1, 0.15) is 0 Å². The third-order valence-corrected chi connectivity index (χ3v) is 0.860. The largest absolute Gasteiger partial charge is 0.526 e.